The number of hydrogen-bond acceptors (Lipinski definition) is 3. The zero-order valence-electron chi connectivity index (χ0n) is 23.0. The Morgan fingerprint density at radius 2 is 1.33 bits per heavy atom. The molecule has 204 valence electrons. The zero-order chi connectivity index (χ0) is 28.1. The Kier molecular flexibility index (Phi) is 7.67. The number of aromatic nitrogens is 3. The molecule has 6 heteroatoms. The van der Waals surface area contributed by atoms with Crippen LogP contribution in [0.15, 0.2) is 116 Å². The van der Waals surface area contributed by atoms with Gasteiger partial charge in [-0.15, -0.1) is 11.3 Å². The van der Waals surface area contributed by atoms with E-state index in [0.717, 1.165) is 49.5 Å². The van der Waals surface area contributed by atoms with Crippen molar-refractivity contribution in [2.45, 2.75) is 0 Å². The van der Waals surface area contributed by atoms with Gasteiger partial charge in [0.1, 0.15) is 10.5 Å². The Balaban J connectivity index is 0.00000103. The quantitative estimate of drug-likeness (QED) is 0.167. The molecular formula is C36H26N3S2W-. The van der Waals surface area contributed by atoms with Crippen LogP contribution in [0, 0.1) is 0 Å². The van der Waals surface area contributed by atoms with Crippen molar-refractivity contribution in [2.75, 3.05) is 6.26 Å². The summed E-state index contributed by atoms with van der Waals surface area (Å²) in [6.07, 6.45) is 5.44. The Morgan fingerprint density at radius 1 is 0.643 bits per heavy atom. The summed E-state index contributed by atoms with van der Waals surface area (Å²) in [5, 5.41) is 5.98. The normalized spacial score (nSPS) is 11.1. The first-order valence-electron chi connectivity index (χ1n) is 13.4. The number of rotatable bonds is 4. The van der Waals surface area contributed by atoms with Crippen molar-refractivity contribution < 1.29 is 21.1 Å². The van der Waals surface area contributed by atoms with E-state index in [2.05, 4.69) is 132 Å². The van der Waals surface area contributed by atoms with E-state index >= 15 is 0 Å². The molecule has 4 aromatic carbocycles. The van der Waals surface area contributed by atoms with Gasteiger partial charge in [0.2, 0.25) is 0 Å². The predicted molar refractivity (Wildman–Crippen MR) is 182 cm³/mol. The van der Waals surface area contributed by atoms with Crippen molar-refractivity contribution >= 4 is 89.3 Å². The topological polar surface area (TPSA) is 22.8 Å². The third-order valence-corrected chi connectivity index (χ3v) is 8.78. The second-order valence-electron chi connectivity index (χ2n) is 9.74. The van der Waals surface area contributed by atoms with E-state index in [1.807, 2.05) is 18.2 Å². The van der Waals surface area contributed by atoms with E-state index in [0.29, 0.717) is 0 Å². The fraction of sp³-hybridized carbons (Fsp3) is 0.0278. The fourth-order valence-corrected chi connectivity index (χ4v) is 7.07. The van der Waals surface area contributed by atoms with Gasteiger partial charge in [0.25, 0.3) is 0 Å². The first kappa shape index (κ1) is 28.2. The molecule has 4 aromatic heterocycles. The second kappa shape index (κ2) is 11.4. The number of nitrogens with zero attached hydrogens (tertiary/aromatic N) is 3. The van der Waals surface area contributed by atoms with Gasteiger partial charge >= 0.3 is 0 Å². The van der Waals surface area contributed by atoms with Crippen LogP contribution in [0.2, 0.25) is 0 Å². The van der Waals surface area contributed by atoms with Gasteiger partial charge in [-0.25, -0.2) is 4.98 Å². The SMILES string of the molecule is C=Cc1c(C=C)n(-c2ccccc2)c2ccc(-n3c4ccccc4c4cc5c(nc43)sc3ccccc35)cc12.C[S-].[W]. The maximum Gasteiger partial charge on any atom is 0.147 e. The van der Waals surface area contributed by atoms with Crippen LogP contribution < -0.4 is 0 Å². The number of fused-ring (bicyclic) bond motifs is 7. The number of benzene rings is 4. The first-order chi connectivity index (χ1) is 20.3. The zero-order valence-corrected chi connectivity index (χ0v) is 27.5. The average molecular weight is 749 g/mol. The van der Waals surface area contributed by atoms with Crippen LogP contribution in [0.25, 0.3) is 76.7 Å². The van der Waals surface area contributed by atoms with Crippen LogP contribution in [0.3, 0.4) is 0 Å². The van der Waals surface area contributed by atoms with E-state index < -0.39 is 0 Å². The van der Waals surface area contributed by atoms with E-state index in [9.17, 15) is 0 Å². The molecule has 0 fully saturated rings. The molecule has 0 aliphatic carbocycles. The molecule has 8 rings (SSSR count). The summed E-state index contributed by atoms with van der Waals surface area (Å²) < 4.78 is 5.82. The minimum atomic E-state index is 0. The first-order valence-corrected chi connectivity index (χ1v) is 15.0. The van der Waals surface area contributed by atoms with Crippen LogP contribution in [-0.2, 0) is 33.7 Å². The summed E-state index contributed by atoms with van der Waals surface area (Å²) in [5.74, 6) is 0. The molecule has 4 heterocycles. The second-order valence-corrected chi connectivity index (χ2v) is 10.8. The van der Waals surface area contributed by atoms with Crippen molar-refractivity contribution in [1.29, 1.82) is 0 Å². The van der Waals surface area contributed by atoms with Gasteiger partial charge in [-0.3, -0.25) is 4.57 Å². The molecule has 0 saturated heterocycles. The molecule has 0 N–H and O–H groups in total. The summed E-state index contributed by atoms with van der Waals surface area (Å²) >= 11 is 5.84. The van der Waals surface area contributed by atoms with Crippen molar-refractivity contribution in [1.82, 2.24) is 14.1 Å². The van der Waals surface area contributed by atoms with Crippen LogP contribution in [0.1, 0.15) is 11.3 Å². The Morgan fingerprint density at radius 3 is 2.10 bits per heavy atom. The van der Waals surface area contributed by atoms with Crippen molar-refractivity contribution in [2.24, 2.45) is 0 Å². The molecule has 0 amide bonds. The summed E-state index contributed by atoms with van der Waals surface area (Å²) in [4.78, 5) is 6.34. The maximum absolute atomic E-state index is 5.28. The largest absolute Gasteiger partial charge is 0.796 e. The maximum atomic E-state index is 5.28. The number of hydrogen-bond donors (Lipinski definition) is 0. The van der Waals surface area contributed by atoms with E-state index in [1.165, 1.54) is 26.2 Å². The Labute approximate surface area is 268 Å². The van der Waals surface area contributed by atoms with Gasteiger partial charge in [0.05, 0.1) is 16.7 Å². The van der Waals surface area contributed by atoms with Crippen LogP contribution in [-0.4, -0.2) is 20.4 Å². The summed E-state index contributed by atoms with van der Waals surface area (Å²) in [5.41, 5.74) is 7.53. The summed E-state index contributed by atoms with van der Waals surface area (Å²) in [6, 6.07) is 36.6. The van der Waals surface area contributed by atoms with Gasteiger partial charge < -0.3 is 17.2 Å². The molecule has 0 atom stereocenters. The van der Waals surface area contributed by atoms with E-state index in [-0.39, 0.29) is 21.1 Å². The Hall–Kier alpha value is -3.89. The molecule has 0 bridgehead atoms. The van der Waals surface area contributed by atoms with E-state index in [4.69, 9.17) is 4.98 Å². The minimum absolute atomic E-state index is 0. The number of para-hydroxylation sites is 2. The Bertz CT molecular complexity index is 2270. The smallest absolute Gasteiger partial charge is 0.147 e. The van der Waals surface area contributed by atoms with Crippen molar-refractivity contribution in [3.63, 3.8) is 0 Å². The molecule has 42 heavy (non-hydrogen) atoms. The molecule has 8 aromatic rings. The molecule has 0 unspecified atom stereocenters. The molecule has 0 aliphatic rings. The van der Waals surface area contributed by atoms with Crippen molar-refractivity contribution in [3.8, 4) is 11.4 Å². The monoisotopic (exact) mass is 748 g/mol. The molecule has 0 spiro atoms. The number of thiophene rings is 1. The summed E-state index contributed by atoms with van der Waals surface area (Å²) in [7, 11) is 0. The molecule has 0 saturated carbocycles. The molecular weight excluding hydrogens is 722 g/mol. The van der Waals surface area contributed by atoms with Crippen molar-refractivity contribution in [3.05, 3.63) is 128 Å². The van der Waals surface area contributed by atoms with Gasteiger partial charge in [-0.1, -0.05) is 73.8 Å². The predicted octanol–water partition coefficient (Wildman–Crippen LogP) is 9.94. The molecule has 3 nitrogen and oxygen atoms in total. The fourth-order valence-electron chi connectivity index (χ4n) is 6.01. The van der Waals surface area contributed by atoms with Crippen LogP contribution in [0.4, 0.5) is 0 Å². The molecule has 0 aliphatic heterocycles. The van der Waals surface area contributed by atoms with Gasteiger partial charge in [0.15, 0.2) is 0 Å². The van der Waals surface area contributed by atoms with Gasteiger partial charge in [-0.05, 0) is 54.6 Å². The number of pyridine rings is 1. The third-order valence-electron chi connectivity index (χ3n) is 7.70. The minimum Gasteiger partial charge on any atom is -0.796 e. The van der Waals surface area contributed by atoms with Gasteiger partial charge in [-0.2, -0.15) is 6.26 Å². The molecule has 0 radical (unpaired) electrons. The van der Waals surface area contributed by atoms with E-state index in [1.54, 1.807) is 17.6 Å². The van der Waals surface area contributed by atoms with Crippen LogP contribution in [0.5, 0.6) is 0 Å². The van der Waals surface area contributed by atoms with Gasteiger partial charge in [0, 0.05) is 69.6 Å². The standard InChI is InChI=1S/C35H23N3S.CH4S.W/c1-3-24-27-20-23(18-19-32(27)37(30(24)4-2)22-12-6-5-7-13-22)38-31-16-10-8-14-25(31)28-21-29-26-15-9-11-17-33(26)39-35(29)36-34(28)38;1-2;/h3-21H,1-2H2;2H,1H3;/p-1. The van der Waals surface area contributed by atoms with Crippen LogP contribution >= 0.6 is 11.3 Å². The summed E-state index contributed by atoms with van der Waals surface area (Å²) in [6.45, 7) is 8.30. The average Bonchev–Trinajstić information content (AvgIpc) is 3.67. The third kappa shape index (κ3) is 4.19.